The Hall–Kier alpha value is -1.56. The van der Waals surface area contributed by atoms with Crippen molar-refractivity contribution >= 4 is 11.8 Å². The number of hydrogen-bond acceptors (Lipinski definition) is 6. The molecule has 0 aromatic carbocycles. The molecule has 1 atom stereocenters. The maximum absolute atomic E-state index is 9.40. The van der Waals surface area contributed by atoms with Crippen LogP contribution in [0.1, 0.15) is 26.2 Å². The van der Waals surface area contributed by atoms with E-state index in [4.69, 9.17) is 4.74 Å². The van der Waals surface area contributed by atoms with Crippen LogP contribution in [-0.2, 0) is 0 Å². The minimum atomic E-state index is -0.0150. The molecule has 19 heavy (non-hydrogen) atoms. The van der Waals surface area contributed by atoms with Crippen molar-refractivity contribution < 1.29 is 9.84 Å². The summed E-state index contributed by atoms with van der Waals surface area (Å²) in [5.41, 5.74) is 0. The quantitative estimate of drug-likeness (QED) is 0.745. The van der Waals surface area contributed by atoms with E-state index in [0.717, 1.165) is 19.3 Å². The Labute approximate surface area is 114 Å². The molecular weight excluding hydrogens is 244 g/mol. The van der Waals surface area contributed by atoms with Gasteiger partial charge in [0, 0.05) is 14.1 Å². The number of ether oxygens (including phenoxy) is 1. The van der Waals surface area contributed by atoms with Gasteiger partial charge >= 0.3 is 0 Å². The minimum absolute atomic E-state index is 0.0150. The van der Waals surface area contributed by atoms with Crippen molar-refractivity contribution in [1.82, 2.24) is 9.97 Å². The Balaban J connectivity index is 2.86. The van der Waals surface area contributed by atoms with Crippen LogP contribution in [0.3, 0.4) is 0 Å². The number of hydrogen-bond donors (Lipinski definition) is 2. The topological polar surface area (TPSA) is 70.5 Å². The molecule has 1 aromatic rings. The molecule has 0 bridgehead atoms. The highest BCUT2D eigenvalue weighted by molar-refractivity contribution is 5.52. The molecule has 0 aliphatic carbocycles. The first kappa shape index (κ1) is 15.5. The first-order chi connectivity index (χ1) is 9.12. The van der Waals surface area contributed by atoms with Crippen LogP contribution in [0.15, 0.2) is 6.20 Å². The van der Waals surface area contributed by atoms with Gasteiger partial charge in [-0.2, -0.15) is 4.98 Å². The molecule has 2 N–H and O–H groups in total. The summed E-state index contributed by atoms with van der Waals surface area (Å²) in [6.07, 6.45) is 4.70. The first-order valence-corrected chi connectivity index (χ1v) is 6.58. The van der Waals surface area contributed by atoms with Crippen molar-refractivity contribution in [2.75, 3.05) is 38.0 Å². The number of aliphatic hydroxyl groups excluding tert-OH is 1. The molecule has 6 nitrogen and oxygen atoms in total. The molecule has 1 heterocycles. The van der Waals surface area contributed by atoms with Gasteiger partial charge in [0.05, 0.1) is 26.0 Å². The summed E-state index contributed by atoms with van der Waals surface area (Å²) in [7, 11) is 5.34. The zero-order valence-corrected chi connectivity index (χ0v) is 12.2. The van der Waals surface area contributed by atoms with Crippen LogP contribution in [0.2, 0.25) is 0 Å². The number of nitrogens with one attached hydrogen (secondary N) is 1. The number of aromatic nitrogens is 2. The van der Waals surface area contributed by atoms with Gasteiger partial charge in [0.15, 0.2) is 11.6 Å². The molecule has 1 rings (SSSR count). The summed E-state index contributed by atoms with van der Waals surface area (Å²) >= 11 is 0. The number of anilines is 2. The zero-order valence-electron chi connectivity index (χ0n) is 12.2. The van der Waals surface area contributed by atoms with Crippen LogP contribution in [0.4, 0.5) is 11.8 Å². The molecule has 0 radical (unpaired) electrons. The highest BCUT2D eigenvalue weighted by Crippen LogP contribution is 2.24. The monoisotopic (exact) mass is 268 g/mol. The zero-order chi connectivity index (χ0) is 14.3. The number of unbranched alkanes of at least 4 members (excludes halogenated alkanes) is 1. The third-order valence-electron chi connectivity index (χ3n) is 2.83. The van der Waals surface area contributed by atoms with E-state index >= 15 is 0 Å². The fourth-order valence-electron chi connectivity index (χ4n) is 1.68. The maximum Gasteiger partial charge on any atom is 0.226 e. The van der Waals surface area contributed by atoms with E-state index in [1.54, 1.807) is 13.3 Å². The van der Waals surface area contributed by atoms with E-state index in [0.29, 0.717) is 17.5 Å². The lowest BCUT2D eigenvalue weighted by Gasteiger charge is -2.19. The normalized spacial score (nSPS) is 12.1. The minimum Gasteiger partial charge on any atom is -0.491 e. The first-order valence-electron chi connectivity index (χ1n) is 6.58. The summed E-state index contributed by atoms with van der Waals surface area (Å²) in [5, 5.41) is 12.6. The molecular formula is C13H24N4O2. The molecule has 6 heteroatoms. The van der Waals surface area contributed by atoms with Gasteiger partial charge in [0.25, 0.3) is 0 Å². The summed E-state index contributed by atoms with van der Waals surface area (Å²) in [5.74, 6) is 1.81. The molecule has 0 saturated heterocycles. The second-order valence-corrected chi connectivity index (χ2v) is 4.65. The van der Waals surface area contributed by atoms with Gasteiger partial charge in [-0.1, -0.05) is 19.8 Å². The summed E-state index contributed by atoms with van der Waals surface area (Å²) in [6.45, 7) is 2.20. The van der Waals surface area contributed by atoms with E-state index in [2.05, 4.69) is 22.2 Å². The Morgan fingerprint density at radius 2 is 2.21 bits per heavy atom. The lowest BCUT2D eigenvalue weighted by molar-refractivity contribution is 0.266. The average molecular weight is 268 g/mol. The molecule has 1 aromatic heterocycles. The molecule has 0 amide bonds. The third kappa shape index (κ3) is 4.55. The molecule has 0 unspecified atom stereocenters. The standard InChI is InChI=1S/C13H24N4O2/c1-5-6-7-10(9-18)15-12-11(19-4)8-14-13(16-12)17(2)3/h8,10,18H,5-7,9H2,1-4H3,(H,14,15,16)/t10-/m1/s1. The van der Waals surface area contributed by atoms with Gasteiger partial charge in [-0.05, 0) is 6.42 Å². The molecule has 0 saturated carbocycles. The predicted octanol–water partition coefficient (Wildman–Crippen LogP) is 1.51. The van der Waals surface area contributed by atoms with E-state index in [9.17, 15) is 5.11 Å². The van der Waals surface area contributed by atoms with Crippen molar-refractivity contribution in [3.8, 4) is 5.75 Å². The van der Waals surface area contributed by atoms with Crippen LogP contribution in [0, 0.1) is 0 Å². The Kier molecular flexibility index (Phi) is 6.35. The SMILES string of the molecule is CCCC[C@H](CO)Nc1nc(N(C)C)ncc1OC. The van der Waals surface area contributed by atoms with Gasteiger partial charge in [-0.3, -0.25) is 0 Å². The van der Waals surface area contributed by atoms with Crippen molar-refractivity contribution in [1.29, 1.82) is 0 Å². The van der Waals surface area contributed by atoms with Crippen LogP contribution in [0.25, 0.3) is 0 Å². The van der Waals surface area contributed by atoms with Crippen LogP contribution >= 0.6 is 0 Å². The summed E-state index contributed by atoms with van der Waals surface area (Å²) in [4.78, 5) is 10.4. The van der Waals surface area contributed by atoms with Gasteiger partial charge < -0.3 is 20.1 Å². The van der Waals surface area contributed by atoms with Gasteiger partial charge in [-0.25, -0.2) is 4.98 Å². The van der Waals surface area contributed by atoms with Crippen LogP contribution in [-0.4, -0.2) is 48.9 Å². The summed E-state index contributed by atoms with van der Waals surface area (Å²) < 4.78 is 5.24. The van der Waals surface area contributed by atoms with Crippen LogP contribution < -0.4 is 15.0 Å². The number of aliphatic hydroxyl groups is 1. The lowest BCUT2D eigenvalue weighted by atomic mass is 10.1. The van der Waals surface area contributed by atoms with Gasteiger partial charge in [-0.15, -0.1) is 0 Å². The van der Waals surface area contributed by atoms with E-state index in [1.165, 1.54) is 0 Å². The fraction of sp³-hybridized carbons (Fsp3) is 0.692. The summed E-state index contributed by atoms with van der Waals surface area (Å²) in [6, 6.07) is -0.0150. The van der Waals surface area contributed by atoms with E-state index in [-0.39, 0.29) is 12.6 Å². The van der Waals surface area contributed by atoms with Crippen molar-refractivity contribution in [3.05, 3.63) is 6.20 Å². The van der Waals surface area contributed by atoms with Crippen molar-refractivity contribution in [3.63, 3.8) is 0 Å². The molecule has 0 aliphatic heterocycles. The molecule has 0 spiro atoms. The Morgan fingerprint density at radius 3 is 2.74 bits per heavy atom. The number of nitrogens with zero attached hydrogens (tertiary/aromatic N) is 3. The highest BCUT2D eigenvalue weighted by atomic mass is 16.5. The van der Waals surface area contributed by atoms with Crippen molar-refractivity contribution in [2.24, 2.45) is 0 Å². The molecule has 108 valence electrons. The predicted molar refractivity (Wildman–Crippen MR) is 76.9 cm³/mol. The fourth-order valence-corrected chi connectivity index (χ4v) is 1.68. The molecule has 0 aliphatic rings. The van der Waals surface area contributed by atoms with E-state index < -0.39 is 0 Å². The second kappa shape index (κ2) is 7.78. The highest BCUT2D eigenvalue weighted by Gasteiger charge is 2.13. The lowest BCUT2D eigenvalue weighted by Crippen LogP contribution is -2.25. The smallest absolute Gasteiger partial charge is 0.226 e. The largest absolute Gasteiger partial charge is 0.491 e. The second-order valence-electron chi connectivity index (χ2n) is 4.65. The van der Waals surface area contributed by atoms with Crippen molar-refractivity contribution in [2.45, 2.75) is 32.2 Å². The third-order valence-corrected chi connectivity index (χ3v) is 2.83. The van der Waals surface area contributed by atoms with E-state index in [1.807, 2.05) is 19.0 Å². The molecule has 0 fully saturated rings. The van der Waals surface area contributed by atoms with Crippen LogP contribution in [0.5, 0.6) is 5.75 Å². The Morgan fingerprint density at radius 1 is 1.47 bits per heavy atom. The number of rotatable bonds is 8. The number of methoxy groups -OCH3 is 1. The average Bonchev–Trinajstić information content (AvgIpc) is 2.43. The van der Waals surface area contributed by atoms with Gasteiger partial charge in [0.2, 0.25) is 5.95 Å². The Bertz CT molecular complexity index is 385. The van der Waals surface area contributed by atoms with Gasteiger partial charge in [0.1, 0.15) is 0 Å². The maximum atomic E-state index is 9.40.